The van der Waals surface area contributed by atoms with Crippen molar-refractivity contribution in [2.75, 3.05) is 0 Å². The molecule has 6 aromatic rings. The van der Waals surface area contributed by atoms with E-state index in [0.29, 0.717) is 29.3 Å². The first-order valence-corrected chi connectivity index (χ1v) is 10.8. The van der Waals surface area contributed by atoms with Gasteiger partial charge in [0.25, 0.3) is 5.91 Å². The zero-order valence-corrected chi connectivity index (χ0v) is 18.0. The molecule has 0 aliphatic heterocycles. The molecule has 4 aromatic heterocycles. The highest BCUT2D eigenvalue weighted by atomic mass is 16.1. The highest BCUT2D eigenvalue weighted by molar-refractivity contribution is 5.96. The van der Waals surface area contributed by atoms with Crippen molar-refractivity contribution in [3.8, 4) is 22.6 Å². The molecule has 0 atom stereocenters. The van der Waals surface area contributed by atoms with Gasteiger partial charge in [-0.15, -0.1) is 0 Å². The highest BCUT2D eigenvalue weighted by Gasteiger charge is 2.15. The van der Waals surface area contributed by atoms with E-state index in [2.05, 4.69) is 35.5 Å². The third kappa shape index (κ3) is 3.67. The van der Waals surface area contributed by atoms with Gasteiger partial charge in [-0.25, -0.2) is 9.97 Å². The summed E-state index contributed by atoms with van der Waals surface area (Å²) >= 11 is 0. The lowest BCUT2D eigenvalue weighted by Gasteiger charge is -2.07. The van der Waals surface area contributed by atoms with Crippen molar-refractivity contribution >= 4 is 28.0 Å². The molecule has 0 saturated heterocycles. The van der Waals surface area contributed by atoms with E-state index in [1.54, 1.807) is 18.6 Å². The van der Waals surface area contributed by atoms with Gasteiger partial charge in [0.2, 0.25) is 0 Å². The van der Waals surface area contributed by atoms with Crippen LogP contribution in [0.3, 0.4) is 0 Å². The summed E-state index contributed by atoms with van der Waals surface area (Å²) in [7, 11) is 0. The van der Waals surface area contributed by atoms with Gasteiger partial charge < -0.3 is 10.3 Å². The lowest BCUT2D eigenvalue weighted by Crippen LogP contribution is -2.22. The number of benzene rings is 2. The fourth-order valence-electron chi connectivity index (χ4n) is 3.91. The number of rotatable bonds is 5. The number of carbonyl (C=O) groups is 1. The zero-order chi connectivity index (χ0) is 22.9. The van der Waals surface area contributed by atoms with E-state index < -0.39 is 0 Å². The Balaban J connectivity index is 1.31. The Hall–Kier alpha value is -4.85. The number of amides is 1. The molecule has 0 bridgehead atoms. The van der Waals surface area contributed by atoms with E-state index in [1.807, 2.05) is 66.7 Å². The van der Waals surface area contributed by atoms with Crippen LogP contribution in [0.25, 0.3) is 44.7 Å². The molecule has 0 radical (unpaired) electrons. The molecular formula is C26H19N7O. The summed E-state index contributed by atoms with van der Waals surface area (Å²) < 4.78 is 0. The average molecular weight is 445 g/mol. The molecule has 4 heterocycles. The largest absolute Gasteiger partial charge is 0.348 e. The summed E-state index contributed by atoms with van der Waals surface area (Å²) in [6.07, 6.45) is 5.02. The second-order valence-corrected chi connectivity index (χ2v) is 7.93. The van der Waals surface area contributed by atoms with Crippen LogP contribution in [-0.4, -0.2) is 36.0 Å². The van der Waals surface area contributed by atoms with Crippen molar-refractivity contribution in [1.82, 2.24) is 35.5 Å². The third-order valence-corrected chi connectivity index (χ3v) is 5.66. The van der Waals surface area contributed by atoms with Gasteiger partial charge in [-0.2, -0.15) is 5.10 Å². The number of aromatic nitrogens is 6. The topological polar surface area (TPSA) is 112 Å². The Labute approximate surface area is 194 Å². The smallest absolute Gasteiger partial charge is 0.253 e. The van der Waals surface area contributed by atoms with Crippen LogP contribution in [0, 0.1) is 0 Å². The summed E-state index contributed by atoms with van der Waals surface area (Å²) in [5.41, 5.74) is 6.29. The van der Waals surface area contributed by atoms with Crippen LogP contribution in [0.1, 0.15) is 15.9 Å². The molecule has 0 unspecified atom stereocenters. The molecule has 0 saturated carbocycles. The number of fused-ring (bicyclic) bond motifs is 2. The molecule has 6 rings (SSSR count). The van der Waals surface area contributed by atoms with Crippen LogP contribution in [0.5, 0.6) is 0 Å². The number of imidazole rings is 1. The van der Waals surface area contributed by atoms with Crippen molar-refractivity contribution in [2.45, 2.75) is 6.54 Å². The lowest BCUT2D eigenvalue weighted by molar-refractivity contribution is 0.0950. The minimum atomic E-state index is -0.182. The van der Waals surface area contributed by atoms with E-state index in [-0.39, 0.29) is 5.91 Å². The van der Waals surface area contributed by atoms with Gasteiger partial charge in [0.15, 0.2) is 11.5 Å². The molecule has 8 nitrogen and oxygen atoms in total. The number of pyridine rings is 2. The summed E-state index contributed by atoms with van der Waals surface area (Å²) in [4.78, 5) is 29.5. The van der Waals surface area contributed by atoms with Gasteiger partial charge in [0.05, 0.1) is 22.0 Å². The van der Waals surface area contributed by atoms with Gasteiger partial charge in [0, 0.05) is 36.3 Å². The fourth-order valence-corrected chi connectivity index (χ4v) is 3.91. The maximum Gasteiger partial charge on any atom is 0.253 e. The molecule has 0 aliphatic rings. The maximum absolute atomic E-state index is 12.7. The van der Waals surface area contributed by atoms with E-state index in [1.165, 1.54) is 0 Å². The van der Waals surface area contributed by atoms with Crippen molar-refractivity contribution in [3.63, 3.8) is 0 Å². The van der Waals surface area contributed by atoms with Gasteiger partial charge in [0.1, 0.15) is 5.69 Å². The van der Waals surface area contributed by atoms with Crippen molar-refractivity contribution in [3.05, 3.63) is 96.4 Å². The van der Waals surface area contributed by atoms with Crippen molar-refractivity contribution < 1.29 is 4.79 Å². The Kier molecular flexibility index (Phi) is 4.81. The second kappa shape index (κ2) is 8.25. The Morgan fingerprint density at radius 1 is 0.912 bits per heavy atom. The molecule has 0 fully saturated rings. The molecular weight excluding hydrogens is 426 g/mol. The number of hydrogen-bond donors (Lipinski definition) is 3. The molecule has 1 amide bonds. The maximum atomic E-state index is 12.7. The SMILES string of the molecule is O=C(NCc1ccccc1)c1cncc(-c2cnc3[nH]nc(-c4nc5ccccc5[nH]4)c3c2)c1. The predicted molar refractivity (Wildman–Crippen MR) is 130 cm³/mol. The monoisotopic (exact) mass is 445 g/mol. The number of nitrogens with zero attached hydrogens (tertiary/aromatic N) is 4. The normalized spacial score (nSPS) is 11.2. The number of aromatic amines is 2. The number of para-hydroxylation sites is 2. The van der Waals surface area contributed by atoms with Gasteiger partial charge in [-0.3, -0.25) is 14.9 Å². The standard InChI is InChI=1S/C26H19N7O/c34-26(29-12-16-6-2-1-3-7-16)19-10-17(13-27-14-19)18-11-20-23(32-33-24(20)28-15-18)25-30-21-8-4-5-9-22(21)31-25/h1-11,13-15H,12H2,(H,29,34)(H,30,31)(H,28,32,33). The Morgan fingerprint density at radius 2 is 1.74 bits per heavy atom. The number of hydrogen-bond acceptors (Lipinski definition) is 5. The lowest BCUT2D eigenvalue weighted by atomic mass is 10.1. The van der Waals surface area contributed by atoms with Crippen molar-refractivity contribution in [1.29, 1.82) is 0 Å². The van der Waals surface area contributed by atoms with E-state index in [9.17, 15) is 4.79 Å². The Morgan fingerprint density at radius 3 is 2.62 bits per heavy atom. The quantitative estimate of drug-likeness (QED) is 0.362. The molecule has 3 N–H and O–H groups in total. The van der Waals surface area contributed by atoms with E-state index in [0.717, 1.165) is 33.1 Å². The van der Waals surface area contributed by atoms with Crippen LogP contribution in [0.15, 0.2) is 85.3 Å². The minimum absolute atomic E-state index is 0.182. The molecule has 0 aliphatic carbocycles. The fraction of sp³-hybridized carbons (Fsp3) is 0.0385. The first-order valence-electron chi connectivity index (χ1n) is 10.8. The molecule has 0 spiro atoms. The Bertz CT molecular complexity index is 1600. The number of H-pyrrole nitrogens is 2. The summed E-state index contributed by atoms with van der Waals surface area (Å²) in [6, 6.07) is 21.4. The highest BCUT2D eigenvalue weighted by Crippen LogP contribution is 2.29. The molecule has 2 aromatic carbocycles. The minimum Gasteiger partial charge on any atom is -0.348 e. The first kappa shape index (κ1) is 19.8. The second-order valence-electron chi connectivity index (χ2n) is 7.93. The van der Waals surface area contributed by atoms with Crippen LogP contribution in [-0.2, 0) is 6.54 Å². The molecule has 164 valence electrons. The summed E-state index contributed by atoms with van der Waals surface area (Å²) in [5, 5.41) is 11.2. The summed E-state index contributed by atoms with van der Waals surface area (Å²) in [6.45, 7) is 0.452. The van der Waals surface area contributed by atoms with Crippen LogP contribution in [0.4, 0.5) is 0 Å². The molecule has 8 heteroatoms. The van der Waals surface area contributed by atoms with Crippen LogP contribution < -0.4 is 5.32 Å². The first-order chi connectivity index (χ1) is 16.7. The summed E-state index contributed by atoms with van der Waals surface area (Å²) in [5.74, 6) is 0.483. The van der Waals surface area contributed by atoms with Gasteiger partial charge >= 0.3 is 0 Å². The zero-order valence-electron chi connectivity index (χ0n) is 18.0. The third-order valence-electron chi connectivity index (χ3n) is 5.66. The van der Waals surface area contributed by atoms with Gasteiger partial charge in [-0.1, -0.05) is 42.5 Å². The molecule has 34 heavy (non-hydrogen) atoms. The van der Waals surface area contributed by atoms with Crippen molar-refractivity contribution in [2.24, 2.45) is 0 Å². The van der Waals surface area contributed by atoms with Crippen LogP contribution >= 0.6 is 0 Å². The van der Waals surface area contributed by atoms with Gasteiger partial charge in [-0.05, 0) is 29.8 Å². The van der Waals surface area contributed by atoms with E-state index in [4.69, 9.17) is 0 Å². The average Bonchev–Trinajstić information content (AvgIpc) is 3.51. The predicted octanol–water partition coefficient (Wildman–Crippen LogP) is 4.49. The number of carbonyl (C=O) groups excluding carboxylic acids is 1. The van der Waals surface area contributed by atoms with E-state index >= 15 is 0 Å². The van der Waals surface area contributed by atoms with Crippen LogP contribution in [0.2, 0.25) is 0 Å². The number of nitrogens with one attached hydrogen (secondary N) is 3.